The lowest BCUT2D eigenvalue weighted by atomic mass is 10.4. The number of esters is 1. The second-order valence-corrected chi connectivity index (χ2v) is 5.82. The fraction of sp³-hybridized carbons (Fsp3) is 0.636. The van der Waals surface area contributed by atoms with Crippen molar-refractivity contribution in [2.45, 2.75) is 25.7 Å². The summed E-state index contributed by atoms with van der Waals surface area (Å²) in [6, 6.07) is 0. The molecule has 1 aliphatic rings. The molecule has 6 nitrogen and oxygen atoms in total. The monoisotopic (exact) mass is 306 g/mol. The molecule has 0 radical (unpaired) electrons. The average molecular weight is 307 g/mol. The first-order valence-electron chi connectivity index (χ1n) is 5.71. The number of hydrogen-bond donors (Lipinski definition) is 1. The number of nitrogens with one attached hydrogen (secondary N) is 1. The van der Waals surface area contributed by atoms with E-state index in [1.54, 1.807) is 0 Å². The minimum absolute atomic E-state index is 0.0562. The summed E-state index contributed by atoms with van der Waals surface area (Å²) in [4.78, 5) is 15.7. The van der Waals surface area contributed by atoms with E-state index in [-0.39, 0.29) is 16.1 Å². The van der Waals surface area contributed by atoms with Gasteiger partial charge in [-0.25, -0.2) is 9.78 Å². The number of rotatable bonds is 4. The molecule has 106 valence electrons. The Balaban J connectivity index is 1.92. The quantitative estimate of drug-likeness (QED) is 0.860. The molecule has 0 bridgehead atoms. The van der Waals surface area contributed by atoms with E-state index in [1.807, 2.05) is 13.8 Å². The highest BCUT2D eigenvalue weighted by molar-refractivity contribution is 7.18. The van der Waals surface area contributed by atoms with E-state index in [4.69, 9.17) is 21.1 Å². The van der Waals surface area contributed by atoms with Gasteiger partial charge >= 0.3 is 5.97 Å². The minimum atomic E-state index is -0.552. The molecule has 1 fully saturated rings. The van der Waals surface area contributed by atoms with Crippen LogP contribution in [-0.4, -0.2) is 43.1 Å². The molecule has 2 rings (SSSR count). The number of ether oxygens (including phenoxy) is 3. The summed E-state index contributed by atoms with van der Waals surface area (Å²) in [7, 11) is 1.30. The average Bonchev–Trinajstić information content (AvgIpc) is 2.88. The van der Waals surface area contributed by atoms with Crippen LogP contribution in [0.2, 0.25) is 5.15 Å². The Hall–Kier alpha value is -0.890. The predicted octanol–water partition coefficient (Wildman–Crippen LogP) is 2.15. The van der Waals surface area contributed by atoms with Crippen LogP contribution in [0.3, 0.4) is 0 Å². The van der Waals surface area contributed by atoms with Crippen molar-refractivity contribution in [1.29, 1.82) is 0 Å². The molecular formula is C11H15ClN2O4S. The van der Waals surface area contributed by atoms with Gasteiger partial charge in [0.1, 0.15) is 6.10 Å². The van der Waals surface area contributed by atoms with Gasteiger partial charge in [-0.05, 0) is 13.8 Å². The van der Waals surface area contributed by atoms with Gasteiger partial charge in [-0.2, -0.15) is 0 Å². The molecule has 1 atom stereocenters. The van der Waals surface area contributed by atoms with Gasteiger partial charge in [0.05, 0.1) is 13.7 Å². The van der Waals surface area contributed by atoms with Gasteiger partial charge < -0.3 is 19.5 Å². The third-order valence-electron chi connectivity index (χ3n) is 2.50. The van der Waals surface area contributed by atoms with Crippen molar-refractivity contribution < 1.29 is 19.0 Å². The molecule has 2 heterocycles. The van der Waals surface area contributed by atoms with Crippen molar-refractivity contribution in [3.05, 3.63) is 10.0 Å². The number of hydrogen-bond acceptors (Lipinski definition) is 7. The number of nitrogens with zero attached hydrogens (tertiary/aromatic N) is 1. The molecule has 1 aliphatic heterocycles. The summed E-state index contributed by atoms with van der Waals surface area (Å²) < 4.78 is 15.7. The van der Waals surface area contributed by atoms with E-state index in [9.17, 15) is 4.79 Å². The standard InChI is InChI=1S/C11H15ClN2O4S/c1-11(2)17-5-6(18-11)4-13-10-14-8(12)7(19-10)9(15)16-3/h6H,4-5H2,1-3H3,(H,13,14). The number of carbonyl (C=O) groups excluding carboxylic acids is 1. The largest absolute Gasteiger partial charge is 0.465 e. The molecule has 0 amide bonds. The lowest BCUT2D eigenvalue weighted by Crippen LogP contribution is -2.25. The number of carbonyl (C=O) groups is 1. The molecule has 0 spiro atoms. The third-order valence-corrected chi connectivity index (χ3v) is 3.88. The zero-order valence-corrected chi connectivity index (χ0v) is 12.4. The van der Waals surface area contributed by atoms with Crippen molar-refractivity contribution in [2.75, 3.05) is 25.6 Å². The zero-order valence-electron chi connectivity index (χ0n) is 10.9. The van der Waals surface area contributed by atoms with Crippen molar-refractivity contribution in [1.82, 2.24) is 4.98 Å². The smallest absolute Gasteiger partial charge is 0.351 e. The Morgan fingerprint density at radius 3 is 3.00 bits per heavy atom. The Labute approximate surface area is 120 Å². The molecule has 0 aliphatic carbocycles. The summed E-state index contributed by atoms with van der Waals surface area (Å²) in [5.41, 5.74) is 0. The first kappa shape index (κ1) is 14.5. The maximum absolute atomic E-state index is 11.4. The second kappa shape index (κ2) is 5.62. The molecule has 1 unspecified atom stereocenters. The van der Waals surface area contributed by atoms with Crippen LogP contribution < -0.4 is 5.32 Å². The van der Waals surface area contributed by atoms with Gasteiger partial charge in [0.25, 0.3) is 0 Å². The highest BCUT2D eigenvalue weighted by Crippen LogP contribution is 2.28. The van der Waals surface area contributed by atoms with Crippen LogP contribution >= 0.6 is 22.9 Å². The van der Waals surface area contributed by atoms with E-state index in [1.165, 1.54) is 7.11 Å². The Morgan fingerprint density at radius 1 is 1.68 bits per heavy atom. The molecular weight excluding hydrogens is 292 g/mol. The maximum atomic E-state index is 11.4. The number of thiazole rings is 1. The van der Waals surface area contributed by atoms with Crippen LogP contribution in [0, 0.1) is 0 Å². The van der Waals surface area contributed by atoms with E-state index in [0.717, 1.165) is 11.3 Å². The molecule has 1 aromatic rings. The molecule has 0 saturated carbocycles. The SMILES string of the molecule is COC(=O)c1sc(NCC2COC(C)(C)O2)nc1Cl. The zero-order chi connectivity index (χ0) is 14.0. The van der Waals surface area contributed by atoms with E-state index >= 15 is 0 Å². The molecule has 19 heavy (non-hydrogen) atoms. The number of methoxy groups -OCH3 is 1. The van der Waals surface area contributed by atoms with Crippen LogP contribution in [0.5, 0.6) is 0 Å². The minimum Gasteiger partial charge on any atom is -0.465 e. The highest BCUT2D eigenvalue weighted by Gasteiger charge is 2.32. The number of aromatic nitrogens is 1. The summed E-state index contributed by atoms with van der Waals surface area (Å²) >= 11 is 7.01. The maximum Gasteiger partial charge on any atom is 0.351 e. The first-order chi connectivity index (χ1) is 8.91. The molecule has 1 aromatic heterocycles. The van der Waals surface area contributed by atoms with Crippen LogP contribution in [0.1, 0.15) is 23.5 Å². The van der Waals surface area contributed by atoms with Crippen molar-refractivity contribution in [2.24, 2.45) is 0 Å². The van der Waals surface area contributed by atoms with Gasteiger partial charge in [-0.15, -0.1) is 0 Å². The summed E-state index contributed by atoms with van der Waals surface area (Å²) in [5, 5.41) is 3.77. The Bertz CT molecular complexity index is 477. The van der Waals surface area contributed by atoms with Crippen molar-refractivity contribution in [3.8, 4) is 0 Å². The van der Waals surface area contributed by atoms with E-state index < -0.39 is 11.8 Å². The lowest BCUT2D eigenvalue weighted by molar-refractivity contribution is -0.136. The molecule has 0 aromatic carbocycles. The van der Waals surface area contributed by atoms with Crippen molar-refractivity contribution >= 4 is 34.0 Å². The summed E-state index contributed by atoms with van der Waals surface area (Å²) in [6.45, 7) is 4.78. The fourth-order valence-corrected chi connectivity index (χ4v) is 2.77. The molecule has 8 heteroatoms. The van der Waals surface area contributed by atoms with E-state index in [0.29, 0.717) is 18.3 Å². The first-order valence-corrected chi connectivity index (χ1v) is 6.91. The van der Waals surface area contributed by atoms with Gasteiger partial charge in [-0.1, -0.05) is 22.9 Å². The highest BCUT2D eigenvalue weighted by atomic mass is 35.5. The summed E-state index contributed by atoms with van der Waals surface area (Å²) in [5.74, 6) is -1.04. The van der Waals surface area contributed by atoms with Crippen LogP contribution in [0.25, 0.3) is 0 Å². The molecule has 1 N–H and O–H groups in total. The molecule has 1 saturated heterocycles. The van der Waals surface area contributed by atoms with Gasteiger partial charge in [-0.3, -0.25) is 0 Å². The van der Waals surface area contributed by atoms with Gasteiger partial charge in [0.15, 0.2) is 20.9 Å². The second-order valence-electron chi connectivity index (χ2n) is 4.46. The summed E-state index contributed by atoms with van der Waals surface area (Å²) in [6.07, 6.45) is -0.0562. The van der Waals surface area contributed by atoms with Crippen LogP contribution in [-0.2, 0) is 14.2 Å². The lowest BCUT2D eigenvalue weighted by Gasteiger charge is -2.17. The number of anilines is 1. The van der Waals surface area contributed by atoms with Gasteiger partial charge in [0.2, 0.25) is 0 Å². The normalized spacial score (nSPS) is 21.4. The van der Waals surface area contributed by atoms with Crippen LogP contribution in [0.4, 0.5) is 5.13 Å². The number of halogens is 1. The van der Waals surface area contributed by atoms with Gasteiger partial charge in [0, 0.05) is 6.54 Å². The topological polar surface area (TPSA) is 69.7 Å². The Kier molecular flexibility index (Phi) is 4.29. The van der Waals surface area contributed by atoms with E-state index in [2.05, 4.69) is 15.0 Å². The Morgan fingerprint density at radius 2 is 2.42 bits per heavy atom. The third kappa shape index (κ3) is 3.56. The van der Waals surface area contributed by atoms with Crippen molar-refractivity contribution in [3.63, 3.8) is 0 Å². The van der Waals surface area contributed by atoms with Crippen LogP contribution in [0.15, 0.2) is 0 Å². The predicted molar refractivity (Wildman–Crippen MR) is 71.9 cm³/mol. The fourth-order valence-electron chi connectivity index (χ4n) is 1.66.